The van der Waals surface area contributed by atoms with Gasteiger partial charge in [0.15, 0.2) is 0 Å². The fourth-order valence-electron chi connectivity index (χ4n) is 2.00. The molecule has 0 unspecified atom stereocenters. The second-order valence-corrected chi connectivity index (χ2v) is 4.35. The van der Waals surface area contributed by atoms with Crippen LogP contribution in [0.1, 0.15) is 12.0 Å². The van der Waals surface area contributed by atoms with Crippen molar-refractivity contribution in [1.82, 2.24) is 5.32 Å². The second kappa shape index (κ2) is 4.63. The maximum atomic E-state index is 13.4. The second-order valence-electron chi connectivity index (χ2n) is 4.35. The minimum Gasteiger partial charge on any atom is -0.481 e. The Labute approximate surface area is 103 Å². The number of carbonyl (C=O) groups is 1. The molecule has 0 radical (unpaired) electrons. The van der Waals surface area contributed by atoms with Crippen LogP contribution in [0.3, 0.4) is 0 Å². The van der Waals surface area contributed by atoms with Crippen molar-refractivity contribution in [2.75, 3.05) is 18.4 Å². The Hall–Kier alpha value is -2.13. The summed E-state index contributed by atoms with van der Waals surface area (Å²) in [6.45, 7) is 0.946. The van der Waals surface area contributed by atoms with Crippen molar-refractivity contribution in [3.8, 4) is 6.07 Å². The summed E-state index contributed by atoms with van der Waals surface area (Å²) in [7, 11) is 0. The number of aliphatic carboxylic acids is 1. The summed E-state index contributed by atoms with van der Waals surface area (Å²) in [5.41, 5.74) is -0.403. The summed E-state index contributed by atoms with van der Waals surface area (Å²) in [5.74, 6) is -1.54. The van der Waals surface area contributed by atoms with Gasteiger partial charge in [0.2, 0.25) is 0 Å². The molecule has 0 saturated carbocycles. The van der Waals surface area contributed by atoms with E-state index in [1.165, 1.54) is 12.1 Å². The molecule has 3 N–H and O–H groups in total. The van der Waals surface area contributed by atoms with E-state index in [0.717, 1.165) is 0 Å². The van der Waals surface area contributed by atoms with E-state index in [0.29, 0.717) is 18.8 Å². The normalized spacial score (nSPS) is 16.4. The zero-order valence-corrected chi connectivity index (χ0v) is 9.53. The van der Waals surface area contributed by atoms with E-state index >= 15 is 0 Å². The van der Waals surface area contributed by atoms with Gasteiger partial charge in [0.25, 0.3) is 0 Å². The molecule has 1 saturated heterocycles. The van der Waals surface area contributed by atoms with E-state index in [9.17, 15) is 9.18 Å². The molecule has 0 amide bonds. The molecule has 18 heavy (non-hydrogen) atoms. The van der Waals surface area contributed by atoms with Gasteiger partial charge in [-0.05, 0) is 12.1 Å². The van der Waals surface area contributed by atoms with E-state index in [-0.39, 0.29) is 12.0 Å². The highest BCUT2D eigenvalue weighted by Gasteiger charge is 2.39. The van der Waals surface area contributed by atoms with Gasteiger partial charge in [-0.1, -0.05) is 6.07 Å². The predicted molar refractivity (Wildman–Crippen MR) is 62.6 cm³/mol. The molecule has 1 aromatic rings. The molecule has 0 spiro atoms. The first-order chi connectivity index (χ1) is 8.56. The Bertz CT molecular complexity index is 521. The van der Waals surface area contributed by atoms with Crippen LogP contribution in [0.4, 0.5) is 10.1 Å². The number of halogens is 1. The first-order valence-electron chi connectivity index (χ1n) is 5.46. The third-order valence-electron chi connectivity index (χ3n) is 2.94. The van der Waals surface area contributed by atoms with Crippen LogP contribution < -0.4 is 10.6 Å². The van der Waals surface area contributed by atoms with Crippen molar-refractivity contribution in [2.24, 2.45) is 0 Å². The first-order valence-corrected chi connectivity index (χ1v) is 5.46. The van der Waals surface area contributed by atoms with Gasteiger partial charge in [-0.3, -0.25) is 4.79 Å². The average Bonchev–Trinajstić information content (AvgIpc) is 2.25. The largest absolute Gasteiger partial charge is 0.481 e. The summed E-state index contributed by atoms with van der Waals surface area (Å²) in [4.78, 5) is 10.8. The van der Waals surface area contributed by atoms with Crippen LogP contribution in [0.5, 0.6) is 0 Å². The fraction of sp³-hybridized carbons (Fsp3) is 0.333. The lowest BCUT2D eigenvalue weighted by Gasteiger charge is -2.43. The van der Waals surface area contributed by atoms with Crippen molar-refractivity contribution < 1.29 is 14.3 Å². The Kier molecular flexibility index (Phi) is 3.17. The van der Waals surface area contributed by atoms with Crippen LogP contribution in [0.15, 0.2) is 18.2 Å². The summed E-state index contributed by atoms with van der Waals surface area (Å²) in [6.07, 6.45) is -0.0820. The van der Waals surface area contributed by atoms with Gasteiger partial charge in [-0.25, -0.2) is 4.39 Å². The maximum absolute atomic E-state index is 13.4. The summed E-state index contributed by atoms with van der Waals surface area (Å²) in [5, 5.41) is 23.7. The maximum Gasteiger partial charge on any atom is 0.305 e. The summed E-state index contributed by atoms with van der Waals surface area (Å²) < 4.78 is 13.4. The molecule has 1 fully saturated rings. The van der Waals surface area contributed by atoms with Crippen molar-refractivity contribution in [3.63, 3.8) is 0 Å². The van der Waals surface area contributed by atoms with Crippen molar-refractivity contribution in [1.29, 1.82) is 5.26 Å². The third-order valence-corrected chi connectivity index (χ3v) is 2.94. The first kappa shape index (κ1) is 12.3. The molecule has 94 valence electrons. The molecular formula is C12H12FN3O2. The molecule has 5 nitrogen and oxygen atoms in total. The molecule has 1 aromatic carbocycles. The van der Waals surface area contributed by atoms with Gasteiger partial charge >= 0.3 is 5.97 Å². The van der Waals surface area contributed by atoms with E-state index in [2.05, 4.69) is 10.6 Å². The van der Waals surface area contributed by atoms with Crippen LogP contribution in [0.2, 0.25) is 0 Å². The smallest absolute Gasteiger partial charge is 0.305 e. The fourth-order valence-corrected chi connectivity index (χ4v) is 2.00. The zero-order valence-electron chi connectivity index (χ0n) is 9.53. The number of benzene rings is 1. The highest BCUT2D eigenvalue weighted by molar-refractivity contribution is 5.71. The predicted octanol–water partition coefficient (Wildman–Crippen LogP) is 0.926. The molecule has 0 atom stereocenters. The monoisotopic (exact) mass is 249 g/mol. The Morgan fingerprint density at radius 2 is 2.33 bits per heavy atom. The number of hydrogen-bond donors (Lipinski definition) is 3. The summed E-state index contributed by atoms with van der Waals surface area (Å²) >= 11 is 0. The number of rotatable bonds is 4. The lowest BCUT2D eigenvalue weighted by molar-refractivity contribution is -0.138. The van der Waals surface area contributed by atoms with E-state index in [4.69, 9.17) is 10.4 Å². The molecule has 0 bridgehead atoms. The molecule has 1 aliphatic heterocycles. The molecule has 2 rings (SSSR count). The topological polar surface area (TPSA) is 85.2 Å². The van der Waals surface area contributed by atoms with Crippen LogP contribution in [0, 0.1) is 17.1 Å². The Balaban J connectivity index is 2.26. The van der Waals surface area contributed by atoms with Gasteiger partial charge in [-0.15, -0.1) is 0 Å². The highest BCUT2D eigenvalue weighted by atomic mass is 19.1. The highest BCUT2D eigenvalue weighted by Crippen LogP contribution is 2.26. The quantitative estimate of drug-likeness (QED) is 0.739. The van der Waals surface area contributed by atoms with Crippen LogP contribution in [0.25, 0.3) is 0 Å². The lowest BCUT2D eigenvalue weighted by Crippen LogP contribution is -2.65. The lowest BCUT2D eigenvalue weighted by atomic mass is 9.88. The Morgan fingerprint density at radius 3 is 2.83 bits per heavy atom. The van der Waals surface area contributed by atoms with Crippen molar-refractivity contribution in [3.05, 3.63) is 29.6 Å². The number of carboxylic acid groups (broad SMARTS) is 1. The number of nitrogens with one attached hydrogen (secondary N) is 2. The third kappa shape index (κ3) is 2.26. The molecule has 0 aromatic heterocycles. The standard InChI is InChI=1S/C12H12FN3O2/c13-9-2-1-3-10(8(9)5-14)16-12(4-11(17)18)6-15-7-12/h1-3,15-16H,4,6-7H2,(H,17,18). The van der Waals surface area contributed by atoms with Crippen LogP contribution in [-0.2, 0) is 4.79 Å². The van der Waals surface area contributed by atoms with Gasteiger partial charge in [0.05, 0.1) is 17.6 Å². The molecule has 1 heterocycles. The van der Waals surface area contributed by atoms with Gasteiger partial charge < -0.3 is 15.7 Å². The summed E-state index contributed by atoms with van der Waals surface area (Å²) in [6, 6.07) is 6.04. The number of carboxylic acids is 1. The number of hydrogen-bond acceptors (Lipinski definition) is 4. The minimum atomic E-state index is -0.932. The van der Waals surface area contributed by atoms with E-state index in [1.807, 2.05) is 0 Å². The average molecular weight is 249 g/mol. The van der Waals surface area contributed by atoms with Crippen LogP contribution >= 0.6 is 0 Å². The molecule has 1 aliphatic rings. The Morgan fingerprint density at radius 1 is 1.61 bits per heavy atom. The van der Waals surface area contributed by atoms with Gasteiger partial charge in [0, 0.05) is 13.1 Å². The van der Waals surface area contributed by atoms with E-state index < -0.39 is 17.3 Å². The molecular weight excluding hydrogens is 237 g/mol. The minimum absolute atomic E-state index is 0.0820. The van der Waals surface area contributed by atoms with Crippen LogP contribution in [-0.4, -0.2) is 29.7 Å². The SMILES string of the molecule is N#Cc1c(F)cccc1NC1(CC(=O)O)CNC1. The number of nitriles is 1. The van der Waals surface area contributed by atoms with Gasteiger partial charge in [0.1, 0.15) is 17.4 Å². The zero-order chi connectivity index (χ0) is 13.2. The van der Waals surface area contributed by atoms with Gasteiger partial charge in [-0.2, -0.15) is 5.26 Å². The molecule has 6 heteroatoms. The van der Waals surface area contributed by atoms with Crippen molar-refractivity contribution in [2.45, 2.75) is 12.0 Å². The molecule has 0 aliphatic carbocycles. The number of anilines is 1. The number of nitrogens with zero attached hydrogens (tertiary/aromatic N) is 1. The van der Waals surface area contributed by atoms with Crippen molar-refractivity contribution >= 4 is 11.7 Å². The van der Waals surface area contributed by atoms with E-state index in [1.54, 1.807) is 12.1 Å².